The van der Waals surface area contributed by atoms with Crippen LogP contribution in [0.4, 0.5) is 4.79 Å². The summed E-state index contributed by atoms with van der Waals surface area (Å²) in [5, 5.41) is 14.5. The SMILES string of the molecule is CC(C)CC(CNC(=O)NC(C)C(C)C)CC(=O)O. The summed E-state index contributed by atoms with van der Waals surface area (Å²) in [5.41, 5.74) is 0. The van der Waals surface area contributed by atoms with Gasteiger partial charge in [-0.1, -0.05) is 27.7 Å². The topological polar surface area (TPSA) is 78.4 Å². The van der Waals surface area contributed by atoms with Crippen LogP contribution in [0.3, 0.4) is 0 Å². The molecule has 112 valence electrons. The van der Waals surface area contributed by atoms with E-state index in [1.165, 1.54) is 0 Å². The second-order valence-electron chi connectivity index (χ2n) is 5.98. The first-order valence-electron chi connectivity index (χ1n) is 6.98. The molecule has 19 heavy (non-hydrogen) atoms. The Morgan fingerprint density at radius 1 is 1.11 bits per heavy atom. The monoisotopic (exact) mass is 272 g/mol. The van der Waals surface area contributed by atoms with E-state index < -0.39 is 5.97 Å². The number of urea groups is 1. The predicted octanol–water partition coefficient (Wildman–Crippen LogP) is 2.47. The lowest BCUT2D eigenvalue weighted by Crippen LogP contribution is -2.44. The smallest absolute Gasteiger partial charge is 0.315 e. The third-order valence-corrected chi connectivity index (χ3v) is 3.18. The van der Waals surface area contributed by atoms with E-state index in [9.17, 15) is 9.59 Å². The minimum Gasteiger partial charge on any atom is -0.481 e. The molecule has 2 unspecified atom stereocenters. The molecular formula is C14H28N2O3. The molecule has 0 aliphatic rings. The van der Waals surface area contributed by atoms with Gasteiger partial charge in [0.25, 0.3) is 0 Å². The van der Waals surface area contributed by atoms with E-state index in [-0.39, 0.29) is 24.4 Å². The molecule has 0 aliphatic carbocycles. The quantitative estimate of drug-likeness (QED) is 0.635. The molecular weight excluding hydrogens is 244 g/mol. The van der Waals surface area contributed by atoms with Crippen molar-refractivity contribution < 1.29 is 14.7 Å². The van der Waals surface area contributed by atoms with Crippen molar-refractivity contribution in [1.29, 1.82) is 0 Å². The van der Waals surface area contributed by atoms with E-state index in [2.05, 4.69) is 24.5 Å². The highest BCUT2D eigenvalue weighted by atomic mass is 16.4. The molecule has 0 bridgehead atoms. The third kappa shape index (κ3) is 9.33. The van der Waals surface area contributed by atoms with Crippen LogP contribution in [0.25, 0.3) is 0 Å². The van der Waals surface area contributed by atoms with Crippen molar-refractivity contribution in [3.05, 3.63) is 0 Å². The van der Waals surface area contributed by atoms with E-state index in [0.29, 0.717) is 18.4 Å². The molecule has 0 radical (unpaired) electrons. The Morgan fingerprint density at radius 2 is 1.68 bits per heavy atom. The minimum atomic E-state index is -0.816. The molecule has 2 atom stereocenters. The van der Waals surface area contributed by atoms with Crippen molar-refractivity contribution >= 4 is 12.0 Å². The fourth-order valence-electron chi connectivity index (χ4n) is 1.81. The van der Waals surface area contributed by atoms with E-state index in [4.69, 9.17) is 5.11 Å². The van der Waals surface area contributed by atoms with Crippen molar-refractivity contribution in [2.75, 3.05) is 6.54 Å². The summed E-state index contributed by atoms with van der Waals surface area (Å²) < 4.78 is 0. The number of aliphatic carboxylic acids is 1. The van der Waals surface area contributed by atoms with Crippen LogP contribution in [0.15, 0.2) is 0 Å². The molecule has 0 spiro atoms. The number of carboxylic acid groups (broad SMARTS) is 1. The maximum Gasteiger partial charge on any atom is 0.315 e. The standard InChI is InChI=1S/C14H28N2O3/c1-9(2)6-12(7-13(17)18)8-15-14(19)16-11(5)10(3)4/h9-12H,6-8H2,1-5H3,(H,17,18)(H2,15,16,19). The fraction of sp³-hybridized carbons (Fsp3) is 0.857. The molecule has 0 rings (SSSR count). The zero-order valence-electron chi connectivity index (χ0n) is 12.7. The van der Waals surface area contributed by atoms with Gasteiger partial charge in [-0.25, -0.2) is 4.79 Å². The first-order chi connectivity index (χ1) is 8.72. The summed E-state index contributed by atoms with van der Waals surface area (Å²) in [4.78, 5) is 22.4. The maximum atomic E-state index is 11.7. The van der Waals surface area contributed by atoms with Gasteiger partial charge in [-0.3, -0.25) is 4.79 Å². The van der Waals surface area contributed by atoms with Crippen LogP contribution in [0, 0.1) is 17.8 Å². The van der Waals surface area contributed by atoms with Crippen LogP contribution >= 0.6 is 0 Å². The number of amides is 2. The van der Waals surface area contributed by atoms with Gasteiger partial charge in [-0.2, -0.15) is 0 Å². The molecule has 0 fully saturated rings. The molecule has 3 N–H and O–H groups in total. The highest BCUT2D eigenvalue weighted by molar-refractivity contribution is 5.74. The highest BCUT2D eigenvalue weighted by Crippen LogP contribution is 2.14. The molecule has 0 aromatic heterocycles. The van der Waals surface area contributed by atoms with Crippen LogP contribution in [-0.4, -0.2) is 29.7 Å². The lowest BCUT2D eigenvalue weighted by Gasteiger charge is -2.21. The van der Waals surface area contributed by atoms with Gasteiger partial charge in [0.2, 0.25) is 0 Å². The Bertz CT molecular complexity index is 290. The lowest BCUT2D eigenvalue weighted by molar-refractivity contribution is -0.138. The molecule has 2 amide bonds. The molecule has 0 aromatic carbocycles. The summed E-state index contributed by atoms with van der Waals surface area (Å²) >= 11 is 0. The fourth-order valence-corrected chi connectivity index (χ4v) is 1.81. The van der Waals surface area contributed by atoms with Gasteiger partial charge >= 0.3 is 12.0 Å². The van der Waals surface area contributed by atoms with Crippen molar-refractivity contribution in [3.8, 4) is 0 Å². The number of carbonyl (C=O) groups excluding carboxylic acids is 1. The van der Waals surface area contributed by atoms with Gasteiger partial charge < -0.3 is 15.7 Å². The van der Waals surface area contributed by atoms with E-state index in [1.54, 1.807) is 0 Å². The van der Waals surface area contributed by atoms with Gasteiger partial charge in [0.1, 0.15) is 0 Å². The van der Waals surface area contributed by atoms with Gasteiger partial charge in [-0.05, 0) is 31.1 Å². The largest absolute Gasteiger partial charge is 0.481 e. The first-order valence-corrected chi connectivity index (χ1v) is 6.98. The number of hydrogen-bond donors (Lipinski definition) is 3. The molecule has 5 heteroatoms. The average molecular weight is 272 g/mol. The molecule has 0 saturated heterocycles. The Balaban J connectivity index is 4.15. The first kappa shape index (κ1) is 17.7. The molecule has 5 nitrogen and oxygen atoms in total. The Hall–Kier alpha value is -1.26. The van der Waals surface area contributed by atoms with Gasteiger partial charge in [0.05, 0.1) is 0 Å². The second-order valence-corrected chi connectivity index (χ2v) is 5.98. The van der Waals surface area contributed by atoms with Crippen LogP contribution < -0.4 is 10.6 Å². The summed E-state index contributed by atoms with van der Waals surface area (Å²) in [7, 11) is 0. The summed E-state index contributed by atoms with van der Waals surface area (Å²) in [6.07, 6.45) is 0.893. The minimum absolute atomic E-state index is 0.0161. The van der Waals surface area contributed by atoms with Crippen molar-refractivity contribution in [2.45, 2.75) is 53.5 Å². The van der Waals surface area contributed by atoms with Crippen LogP contribution in [0.1, 0.15) is 47.5 Å². The molecule has 0 aliphatic heterocycles. The normalized spacial score (nSPS) is 14.3. The Kier molecular flexibility index (Phi) is 8.19. The number of carbonyl (C=O) groups is 2. The lowest BCUT2D eigenvalue weighted by atomic mass is 9.94. The van der Waals surface area contributed by atoms with Crippen LogP contribution in [0.5, 0.6) is 0 Å². The molecule has 0 aromatic rings. The van der Waals surface area contributed by atoms with Crippen molar-refractivity contribution in [1.82, 2.24) is 10.6 Å². The van der Waals surface area contributed by atoms with Crippen molar-refractivity contribution in [2.24, 2.45) is 17.8 Å². The number of carboxylic acids is 1. The maximum absolute atomic E-state index is 11.7. The average Bonchev–Trinajstić information content (AvgIpc) is 2.24. The van der Waals surface area contributed by atoms with Gasteiger partial charge in [0, 0.05) is 19.0 Å². The van der Waals surface area contributed by atoms with E-state index in [0.717, 1.165) is 6.42 Å². The van der Waals surface area contributed by atoms with E-state index >= 15 is 0 Å². The highest BCUT2D eigenvalue weighted by Gasteiger charge is 2.17. The van der Waals surface area contributed by atoms with Gasteiger partial charge in [-0.15, -0.1) is 0 Å². The van der Waals surface area contributed by atoms with Crippen LogP contribution in [0.2, 0.25) is 0 Å². The van der Waals surface area contributed by atoms with E-state index in [1.807, 2.05) is 20.8 Å². The number of nitrogens with one attached hydrogen (secondary N) is 2. The predicted molar refractivity (Wildman–Crippen MR) is 76.0 cm³/mol. The van der Waals surface area contributed by atoms with Gasteiger partial charge in [0.15, 0.2) is 0 Å². The molecule has 0 saturated carbocycles. The van der Waals surface area contributed by atoms with Crippen molar-refractivity contribution in [3.63, 3.8) is 0 Å². The second kappa shape index (κ2) is 8.77. The third-order valence-electron chi connectivity index (χ3n) is 3.18. The van der Waals surface area contributed by atoms with Crippen LogP contribution in [-0.2, 0) is 4.79 Å². The summed E-state index contributed by atoms with van der Waals surface area (Å²) in [6.45, 7) is 10.5. The Morgan fingerprint density at radius 3 is 2.11 bits per heavy atom. The number of hydrogen-bond acceptors (Lipinski definition) is 2. The zero-order chi connectivity index (χ0) is 15.0. The zero-order valence-corrected chi connectivity index (χ0v) is 12.7. The molecule has 0 heterocycles. The summed E-state index contributed by atoms with van der Waals surface area (Å²) in [6, 6.07) is -0.122. The number of rotatable bonds is 8. The Labute approximate surface area is 116 Å². The summed E-state index contributed by atoms with van der Waals surface area (Å²) in [5.74, 6) is -0.0407.